The molecule has 29 heavy (non-hydrogen) atoms. The Labute approximate surface area is 166 Å². The maximum atomic E-state index is 12.5. The molecule has 1 saturated heterocycles. The number of nitrogens with one attached hydrogen (secondary N) is 1. The molecule has 0 bridgehead atoms. The van der Waals surface area contributed by atoms with Crippen molar-refractivity contribution >= 4 is 12.1 Å². The maximum Gasteiger partial charge on any atom is 0.409 e. The van der Waals surface area contributed by atoms with E-state index in [0.29, 0.717) is 18.9 Å². The Balaban J connectivity index is 1.22. The summed E-state index contributed by atoms with van der Waals surface area (Å²) in [7, 11) is 0. The first-order chi connectivity index (χ1) is 14.1. The van der Waals surface area contributed by atoms with Crippen LogP contribution in [-0.4, -0.2) is 56.9 Å². The summed E-state index contributed by atoms with van der Waals surface area (Å²) in [5.74, 6) is -1.00. The number of carboxylic acids is 1. The van der Waals surface area contributed by atoms with Crippen molar-refractivity contribution < 1.29 is 19.4 Å². The maximum absolute atomic E-state index is 12.5. The molecule has 0 atom stereocenters. The van der Waals surface area contributed by atoms with Crippen LogP contribution in [0.2, 0.25) is 0 Å². The molecule has 8 heteroatoms. The minimum absolute atomic E-state index is 0.0239. The van der Waals surface area contributed by atoms with Gasteiger partial charge in [0.05, 0.1) is 5.92 Å². The number of ether oxygens (including phenoxy) is 1. The number of carboxylic acid groups (broad SMARTS) is 1. The zero-order chi connectivity index (χ0) is 20.0. The first-order valence-electron chi connectivity index (χ1n) is 9.37. The number of rotatable bonds is 4. The number of hydrogen-bond donors (Lipinski definition) is 2. The van der Waals surface area contributed by atoms with Crippen molar-refractivity contribution in [2.24, 2.45) is 0 Å². The molecule has 2 aliphatic rings. The molecule has 3 aromatic rings. The van der Waals surface area contributed by atoms with Crippen LogP contribution < -0.4 is 0 Å². The molecule has 2 aromatic carbocycles. The largest absolute Gasteiger partial charge is 0.475 e. The fraction of sp³-hybridized carbons (Fsp3) is 0.238. The number of hydrogen-bond acceptors (Lipinski definition) is 5. The Hall–Kier alpha value is -3.68. The van der Waals surface area contributed by atoms with E-state index in [-0.39, 0.29) is 30.4 Å². The van der Waals surface area contributed by atoms with Crippen LogP contribution in [0.4, 0.5) is 4.79 Å². The lowest BCUT2D eigenvalue weighted by Gasteiger charge is -2.37. The van der Waals surface area contributed by atoms with Gasteiger partial charge >= 0.3 is 12.1 Å². The molecule has 1 fully saturated rings. The number of nitrogens with zero attached hydrogens (tertiary/aromatic N) is 3. The van der Waals surface area contributed by atoms with E-state index in [1.807, 2.05) is 24.3 Å². The number of likely N-dealkylation sites (tertiary alicyclic amines) is 1. The highest BCUT2D eigenvalue weighted by Gasteiger charge is 2.36. The molecule has 0 radical (unpaired) electrons. The lowest BCUT2D eigenvalue weighted by Crippen LogP contribution is -2.49. The van der Waals surface area contributed by atoms with E-state index in [1.165, 1.54) is 22.3 Å². The van der Waals surface area contributed by atoms with Crippen LogP contribution in [0, 0.1) is 0 Å². The van der Waals surface area contributed by atoms with Crippen LogP contribution in [0.3, 0.4) is 0 Å². The average Bonchev–Trinajstić information content (AvgIpc) is 3.29. The normalized spacial score (nSPS) is 15.5. The van der Waals surface area contributed by atoms with Gasteiger partial charge < -0.3 is 14.7 Å². The summed E-state index contributed by atoms with van der Waals surface area (Å²) in [6.07, 6.45) is -0.374. The zero-order valence-electron chi connectivity index (χ0n) is 15.4. The lowest BCUT2D eigenvalue weighted by molar-refractivity contribution is 0.0665. The quantitative estimate of drug-likeness (QED) is 0.709. The summed E-state index contributed by atoms with van der Waals surface area (Å²) < 4.78 is 5.62. The number of carbonyl (C=O) groups is 2. The van der Waals surface area contributed by atoms with Crippen molar-refractivity contribution in [1.29, 1.82) is 0 Å². The molecule has 146 valence electrons. The van der Waals surface area contributed by atoms with Crippen LogP contribution in [0.1, 0.15) is 39.4 Å². The van der Waals surface area contributed by atoms with E-state index in [0.717, 1.165) is 0 Å². The molecule has 1 amide bonds. The number of fused-ring (bicyclic) bond motifs is 3. The summed E-state index contributed by atoms with van der Waals surface area (Å²) in [5, 5.41) is 15.2. The highest BCUT2D eigenvalue weighted by Crippen LogP contribution is 2.44. The van der Waals surface area contributed by atoms with Gasteiger partial charge in [-0.25, -0.2) is 14.6 Å². The summed E-state index contributed by atoms with van der Waals surface area (Å²) in [5.41, 5.74) is 4.72. The van der Waals surface area contributed by atoms with Crippen LogP contribution >= 0.6 is 0 Å². The van der Waals surface area contributed by atoms with Gasteiger partial charge in [0.2, 0.25) is 0 Å². The molecule has 0 saturated carbocycles. The Morgan fingerprint density at radius 2 is 1.69 bits per heavy atom. The third-order valence-electron chi connectivity index (χ3n) is 5.56. The Morgan fingerprint density at radius 1 is 1.07 bits per heavy atom. The number of aromatic nitrogens is 3. The Bertz CT molecular complexity index is 1060. The van der Waals surface area contributed by atoms with Gasteiger partial charge in [-0.15, -0.1) is 5.10 Å². The van der Waals surface area contributed by atoms with Crippen LogP contribution in [0.25, 0.3) is 11.1 Å². The fourth-order valence-electron chi connectivity index (χ4n) is 4.04. The van der Waals surface area contributed by atoms with Crippen molar-refractivity contribution in [3.05, 3.63) is 71.3 Å². The van der Waals surface area contributed by atoms with E-state index in [9.17, 15) is 9.59 Å². The van der Waals surface area contributed by atoms with Gasteiger partial charge in [-0.05, 0) is 22.3 Å². The summed E-state index contributed by atoms with van der Waals surface area (Å²) >= 11 is 0. The molecule has 1 aromatic heterocycles. The Morgan fingerprint density at radius 3 is 2.28 bits per heavy atom. The molecule has 0 spiro atoms. The predicted molar refractivity (Wildman–Crippen MR) is 103 cm³/mol. The van der Waals surface area contributed by atoms with Crippen LogP contribution in [0.15, 0.2) is 48.5 Å². The van der Waals surface area contributed by atoms with Crippen molar-refractivity contribution in [3.63, 3.8) is 0 Å². The zero-order valence-corrected chi connectivity index (χ0v) is 15.4. The standard InChI is InChI=1S/C21H18N4O4/c26-20(27)19-22-18(23-24-19)12-9-25(10-12)21(28)29-11-17-15-7-3-1-5-13(15)14-6-2-4-8-16(14)17/h1-8,12,17H,9-11H2,(H,26,27)(H,22,23,24). The van der Waals surface area contributed by atoms with E-state index in [1.54, 1.807) is 4.90 Å². The van der Waals surface area contributed by atoms with E-state index >= 15 is 0 Å². The smallest absolute Gasteiger partial charge is 0.409 e. The molecule has 5 rings (SSSR count). The van der Waals surface area contributed by atoms with E-state index < -0.39 is 5.97 Å². The Kier molecular flexibility index (Phi) is 4.04. The highest BCUT2D eigenvalue weighted by atomic mass is 16.6. The number of aromatic amines is 1. The van der Waals surface area contributed by atoms with Gasteiger partial charge in [0.25, 0.3) is 5.82 Å². The van der Waals surface area contributed by atoms with Gasteiger partial charge in [-0.3, -0.25) is 5.10 Å². The van der Waals surface area contributed by atoms with Crippen molar-refractivity contribution in [2.45, 2.75) is 11.8 Å². The van der Waals surface area contributed by atoms with Gasteiger partial charge in [0.15, 0.2) is 0 Å². The third-order valence-corrected chi connectivity index (χ3v) is 5.56. The molecule has 0 unspecified atom stereocenters. The van der Waals surface area contributed by atoms with Gasteiger partial charge in [-0.1, -0.05) is 48.5 Å². The molecule has 8 nitrogen and oxygen atoms in total. The van der Waals surface area contributed by atoms with Crippen molar-refractivity contribution in [1.82, 2.24) is 20.1 Å². The molecule has 1 aliphatic carbocycles. The van der Waals surface area contributed by atoms with Gasteiger partial charge in [-0.2, -0.15) is 0 Å². The number of carbonyl (C=O) groups excluding carboxylic acids is 1. The van der Waals surface area contributed by atoms with Crippen LogP contribution in [0.5, 0.6) is 0 Å². The summed E-state index contributed by atoms with van der Waals surface area (Å²) in [6.45, 7) is 1.12. The molecule has 2 N–H and O–H groups in total. The number of benzene rings is 2. The summed E-state index contributed by atoms with van der Waals surface area (Å²) in [6, 6.07) is 16.4. The second kappa shape index (κ2) is 6.73. The van der Waals surface area contributed by atoms with E-state index in [2.05, 4.69) is 39.4 Å². The first-order valence-corrected chi connectivity index (χ1v) is 9.37. The first kappa shape index (κ1) is 17.4. The molecule has 1 aliphatic heterocycles. The monoisotopic (exact) mass is 390 g/mol. The minimum atomic E-state index is -1.18. The second-order valence-corrected chi connectivity index (χ2v) is 7.26. The number of H-pyrrole nitrogens is 1. The van der Waals surface area contributed by atoms with Crippen molar-refractivity contribution in [2.75, 3.05) is 19.7 Å². The topological polar surface area (TPSA) is 108 Å². The van der Waals surface area contributed by atoms with Crippen LogP contribution in [-0.2, 0) is 4.74 Å². The number of amides is 1. The SMILES string of the molecule is O=C(O)c1n[nH]c(C2CN(C(=O)OCC3c4ccccc4-c4ccccc43)C2)n1. The lowest BCUT2D eigenvalue weighted by atomic mass is 9.98. The van der Waals surface area contributed by atoms with Gasteiger partial charge in [0, 0.05) is 19.0 Å². The van der Waals surface area contributed by atoms with Crippen molar-refractivity contribution in [3.8, 4) is 11.1 Å². The third kappa shape index (κ3) is 2.93. The molecular formula is C21H18N4O4. The van der Waals surface area contributed by atoms with Gasteiger partial charge in [0.1, 0.15) is 12.4 Å². The number of aromatic carboxylic acids is 1. The highest BCUT2D eigenvalue weighted by molar-refractivity contribution is 5.83. The van der Waals surface area contributed by atoms with E-state index in [4.69, 9.17) is 9.84 Å². The molecular weight excluding hydrogens is 372 g/mol. The molecule has 2 heterocycles. The summed E-state index contributed by atoms with van der Waals surface area (Å²) in [4.78, 5) is 28.9. The predicted octanol–water partition coefficient (Wildman–Crippen LogP) is 2.85. The minimum Gasteiger partial charge on any atom is -0.475 e. The second-order valence-electron chi connectivity index (χ2n) is 7.26. The fourth-order valence-corrected chi connectivity index (χ4v) is 4.04. The average molecular weight is 390 g/mol.